The van der Waals surface area contributed by atoms with Crippen molar-refractivity contribution in [1.29, 1.82) is 0 Å². The third-order valence-corrected chi connectivity index (χ3v) is 4.94. The van der Waals surface area contributed by atoms with Gasteiger partial charge in [-0.3, -0.25) is 19.3 Å². The topological polar surface area (TPSA) is 72.7 Å². The Morgan fingerprint density at radius 3 is 2.54 bits per heavy atom. The molecule has 1 aliphatic rings. The molecule has 0 amide bonds. The number of anilines is 2. The first-order valence-corrected chi connectivity index (χ1v) is 9.38. The number of hydrogen-bond acceptors (Lipinski definition) is 5. The summed E-state index contributed by atoms with van der Waals surface area (Å²) in [5.74, 6) is 1.26. The van der Waals surface area contributed by atoms with Crippen molar-refractivity contribution in [1.82, 2.24) is 19.5 Å². The van der Waals surface area contributed by atoms with E-state index in [-0.39, 0.29) is 5.56 Å². The van der Waals surface area contributed by atoms with Gasteiger partial charge in [-0.05, 0) is 54.8 Å². The highest BCUT2D eigenvalue weighted by molar-refractivity contribution is 5.82. The minimum Gasteiger partial charge on any atom is -0.354 e. The molecule has 0 atom stereocenters. The molecule has 6 heteroatoms. The Morgan fingerprint density at radius 2 is 1.82 bits per heavy atom. The van der Waals surface area contributed by atoms with Gasteiger partial charge in [0.2, 0.25) is 0 Å². The predicted molar refractivity (Wildman–Crippen MR) is 109 cm³/mol. The summed E-state index contributed by atoms with van der Waals surface area (Å²) < 4.78 is 1.81. The largest absolute Gasteiger partial charge is 0.354 e. The molecule has 4 aromatic rings. The first kappa shape index (κ1) is 16.6. The summed E-state index contributed by atoms with van der Waals surface area (Å²) in [5.41, 5.74) is 3.44. The van der Waals surface area contributed by atoms with Gasteiger partial charge in [-0.15, -0.1) is 0 Å². The molecular weight excluding hydrogens is 350 g/mol. The summed E-state index contributed by atoms with van der Waals surface area (Å²) in [5, 5.41) is 3.91. The monoisotopic (exact) mass is 369 g/mol. The zero-order chi connectivity index (χ0) is 18.9. The maximum absolute atomic E-state index is 13.4. The maximum Gasteiger partial charge on any atom is 0.261 e. The minimum absolute atomic E-state index is 0.00871. The van der Waals surface area contributed by atoms with Gasteiger partial charge in [0.25, 0.3) is 5.56 Å². The summed E-state index contributed by atoms with van der Waals surface area (Å²) in [7, 11) is 0. The zero-order valence-electron chi connectivity index (χ0n) is 15.2. The van der Waals surface area contributed by atoms with Crippen LogP contribution in [0.3, 0.4) is 0 Å². The number of aromatic nitrogens is 4. The van der Waals surface area contributed by atoms with Gasteiger partial charge in [0.05, 0.1) is 29.3 Å². The van der Waals surface area contributed by atoms with Crippen LogP contribution in [0.5, 0.6) is 0 Å². The Hall–Kier alpha value is -3.54. The maximum atomic E-state index is 13.4. The number of rotatable bonds is 5. The third-order valence-electron chi connectivity index (χ3n) is 4.94. The molecule has 3 heterocycles. The molecule has 5 rings (SSSR count). The zero-order valence-corrected chi connectivity index (χ0v) is 15.2. The quantitative estimate of drug-likeness (QED) is 0.578. The lowest BCUT2D eigenvalue weighted by atomic mass is 10.2. The second-order valence-corrected chi connectivity index (χ2v) is 7.10. The van der Waals surface area contributed by atoms with Crippen LogP contribution in [-0.4, -0.2) is 19.5 Å². The highest BCUT2D eigenvalue weighted by Gasteiger charge is 2.29. The Morgan fingerprint density at radius 1 is 1.00 bits per heavy atom. The normalized spacial score (nSPS) is 13.6. The molecule has 0 bridgehead atoms. The van der Waals surface area contributed by atoms with Gasteiger partial charge in [-0.2, -0.15) is 0 Å². The molecule has 1 N–H and O–H groups in total. The summed E-state index contributed by atoms with van der Waals surface area (Å²) in [6, 6.07) is 13.4. The Balaban J connectivity index is 1.60. The van der Waals surface area contributed by atoms with E-state index in [9.17, 15) is 4.79 Å². The van der Waals surface area contributed by atoms with Crippen LogP contribution >= 0.6 is 0 Å². The van der Waals surface area contributed by atoms with Crippen molar-refractivity contribution in [2.75, 3.05) is 5.32 Å². The molecule has 0 aliphatic heterocycles. The van der Waals surface area contributed by atoms with E-state index in [1.165, 1.54) is 0 Å². The summed E-state index contributed by atoms with van der Waals surface area (Å²) in [4.78, 5) is 26.5. The van der Waals surface area contributed by atoms with Gasteiger partial charge in [-0.1, -0.05) is 6.07 Å². The second kappa shape index (κ2) is 6.88. The van der Waals surface area contributed by atoms with Crippen LogP contribution in [0.15, 0.2) is 72.0 Å². The van der Waals surface area contributed by atoms with Gasteiger partial charge in [0.15, 0.2) is 0 Å². The number of fused-ring (bicyclic) bond motifs is 1. The first-order chi connectivity index (χ1) is 13.8. The standard InChI is InChI=1S/C22H19N5O/c28-22-19-11-17(25-18-4-2-10-24-13-18)7-8-20(19)26-21(16-5-6-16)27(22)14-15-3-1-9-23-12-15/h1-4,7-13,16,25H,5-6,14H2. The molecule has 3 aromatic heterocycles. The highest BCUT2D eigenvalue weighted by atomic mass is 16.1. The molecule has 138 valence electrons. The van der Waals surface area contributed by atoms with E-state index in [2.05, 4.69) is 15.3 Å². The summed E-state index contributed by atoms with van der Waals surface area (Å²) in [6.07, 6.45) is 9.19. The van der Waals surface area contributed by atoms with Crippen LogP contribution in [-0.2, 0) is 6.54 Å². The van der Waals surface area contributed by atoms with Crippen LogP contribution in [0.1, 0.15) is 30.1 Å². The van der Waals surface area contributed by atoms with E-state index >= 15 is 0 Å². The van der Waals surface area contributed by atoms with E-state index < -0.39 is 0 Å². The molecule has 0 unspecified atom stereocenters. The number of benzene rings is 1. The molecule has 0 saturated heterocycles. The Labute approximate surface area is 161 Å². The molecule has 1 saturated carbocycles. The van der Waals surface area contributed by atoms with Crippen molar-refractivity contribution in [3.05, 3.63) is 89.0 Å². The Bertz CT molecular complexity index is 1180. The molecule has 1 aliphatic carbocycles. The molecule has 1 fully saturated rings. The number of nitrogens with one attached hydrogen (secondary N) is 1. The lowest BCUT2D eigenvalue weighted by molar-refractivity contribution is 0.679. The first-order valence-electron chi connectivity index (χ1n) is 9.38. The lowest BCUT2D eigenvalue weighted by Crippen LogP contribution is -2.25. The molecule has 1 aromatic carbocycles. The molecule has 0 spiro atoms. The van der Waals surface area contributed by atoms with E-state index in [1.54, 1.807) is 24.8 Å². The van der Waals surface area contributed by atoms with Crippen molar-refractivity contribution in [2.24, 2.45) is 0 Å². The fraction of sp³-hybridized carbons (Fsp3) is 0.182. The van der Waals surface area contributed by atoms with Crippen molar-refractivity contribution in [2.45, 2.75) is 25.3 Å². The van der Waals surface area contributed by atoms with Crippen LogP contribution in [0.2, 0.25) is 0 Å². The predicted octanol–water partition coefficient (Wildman–Crippen LogP) is 3.86. The number of hydrogen-bond donors (Lipinski definition) is 1. The van der Waals surface area contributed by atoms with Gasteiger partial charge in [0.1, 0.15) is 5.82 Å². The average molecular weight is 369 g/mol. The lowest BCUT2D eigenvalue weighted by Gasteiger charge is -2.14. The highest BCUT2D eigenvalue weighted by Crippen LogP contribution is 2.39. The van der Waals surface area contributed by atoms with Crippen LogP contribution in [0, 0.1) is 0 Å². The van der Waals surface area contributed by atoms with Gasteiger partial charge < -0.3 is 5.32 Å². The number of nitrogens with zero attached hydrogens (tertiary/aromatic N) is 4. The average Bonchev–Trinajstić information content (AvgIpc) is 3.57. The van der Waals surface area contributed by atoms with Crippen molar-refractivity contribution in [3.8, 4) is 0 Å². The van der Waals surface area contributed by atoms with E-state index in [1.807, 2.05) is 47.0 Å². The fourth-order valence-corrected chi connectivity index (χ4v) is 3.40. The third kappa shape index (κ3) is 3.24. The van der Waals surface area contributed by atoms with Gasteiger partial charge in [0, 0.05) is 30.2 Å². The van der Waals surface area contributed by atoms with Crippen LogP contribution < -0.4 is 10.9 Å². The van der Waals surface area contributed by atoms with Crippen molar-refractivity contribution < 1.29 is 0 Å². The SMILES string of the molecule is O=c1c2cc(Nc3cccnc3)ccc2nc(C2CC2)n1Cc1cccnc1. The smallest absolute Gasteiger partial charge is 0.261 e. The van der Waals surface area contributed by atoms with Crippen molar-refractivity contribution in [3.63, 3.8) is 0 Å². The van der Waals surface area contributed by atoms with E-state index in [0.29, 0.717) is 17.8 Å². The second-order valence-electron chi connectivity index (χ2n) is 7.10. The summed E-state index contributed by atoms with van der Waals surface area (Å²) in [6.45, 7) is 0.488. The molecule has 6 nitrogen and oxygen atoms in total. The van der Waals surface area contributed by atoms with E-state index in [4.69, 9.17) is 4.98 Å². The van der Waals surface area contributed by atoms with Gasteiger partial charge in [-0.25, -0.2) is 4.98 Å². The minimum atomic E-state index is -0.00871. The van der Waals surface area contributed by atoms with Gasteiger partial charge >= 0.3 is 0 Å². The Kier molecular flexibility index (Phi) is 4.09. The van der Waals surface area contributed by atoms with E-state index in [0.717, 1.165) is 41.1 Å². The van der Waals surface area contributed by atoms with Crippen molar-refractivity contribution >= 4 is 22.3 Å². The molecule has 0 radical (unpaired) electrons. The molecular formula is C22H19N5O. The fourth-order valence-electron chi connectivity index (χ4n) is 3.40. The van der Waals surface area contributed by atoms with Crippen LogP contribution in [0.4, 0.5) is 11.4 Å². The molecule has 28 heavy (non-hydrogen) atoms. The summed E-state index contributed by atoms with van der Waals surface area (Å²) >= 11 is 0. The van der Waals surface area contributed by atoms with Crippen LogP contribution in [0.25, 0.3) is 10.9 Å². The number of pyridine rings is 2.